The Bertz CT molecular complexity index is 1670. The van der Waals surface area contributed by atoms with Crippen LogP contribution in [0.5, 0.6) is 0 Å². The van der Waals surface area contributed by atoms with Crippen molar-refractivity contribution in [2.45, 2.75) is 231 Å². The summed E-state index contributed by atoms with van der Waals surface area (Å²) >= 11 is 0. The predicted molar refractivity (Wildman–Crippen MR) is 256 cm³/mol. The van der Waals surface area contributed by atoms with Crippen LogP contribution in [0.15, 0.2) is 18.5 Å². The number of fused-ring (bicyclic) bond motifs is 1. The molecule has 14 nitrogen and oxygen atoms in total. The van der Waals surface area contributed by atoms with Gasteiger partial charge in [0.1, 0.15) is 6.61 Å². The Hall–Kier alpha value is -3.06. The molecule has 0 amide bonds. The van der Waals surface area contributed by atoms with E-state index in [0.29, 0.717) is 35.9 Å². The number of ether oxygens (including phenoxy) is 2. The predicted octanol–water partition coefficient (Wildman–Crippen LogP) is 12.7. The average Bonchev–Trinajstić information content (AvgIpc) is 3.79. The molecule has 4 rings (SSSR count). The first-order valence-electron chi connectivity index (χ1n) is 25.6. The lowest BCUT2D eigenvalue weighted by atomic mass is 10.0. The van der Waals surface area contributed by atoms with Gasteiger partial charge in [-0.15, -0.1) is 0 Å². The molecule has 0 spiro atoms. The number of carbonyl (C=O) groups is 2. The van der Waals surface area contributed by atoms with Gasteiger partial charge in [-0.05, 0) is 32.1 Å². The minimum atomic E-state index is -4.55. The van der Waals surface area contributed by atoms with E-state index >= 15 is 0 Å². The van der Waals surface area contributed by atoms with Crippen LogP contribution in [-0.2, 0) is 32.7 Å². The van der Waals surface area contributed by atoms with Crippen molar-refractivity contribution in [1.29, 1.82) is 0 Å². The van der Waals surface area contributed by atoms with E-state index in [1.807, 2.05) is 16.7 Å². The van der Waals surface area contributed by atoms with Gasteiger partial charge in [-0.1, -0.05) is 180 Å². The zero-order valence-electron chi connectivity index (χ0n) is 39.7. The van der Waals surface area contributed by atoms with Gasteiger partial charge in [-0.2, -0.15) is 9.97 Å². The number of anilines is 2. The summed E-state index contributed by atoms with van der Waals surface area (Å²) in [5, 5.41) is 3.37. The Kier molecular flexibility index (Phi) is 26.6. The highest BCUT2D eigenvalue weighted by Gasteiger charge is 2.30. The summed E-state index contributed by atoms with van der Waals surface area (Å²) in [6, 6.07) is 0.255. The quantitative estimate of drug-likeness (QED) is 0.0248. The van der Waals surface area contributed by atoms with Gasteiger partial charge >= 0.3 is 19.8 Å². The van der Waals surface area contributed by atoms with Gasteiger partial charge in [0, 0.05) is 24.8 Å². The Morgan fingerprint density at radius 2 is 1.25 bits per heavy atom. The molecule has 2 aliphatic carbocycles. The van der Waals surface area contributed by atoms with E-state index in [1.165, 1.54) is 122 Å². The highest BCUT2D eigenvalue weighted by molar-refractivity contribution is 7.47. The number of hydrogen-bond acceptors (Lipinski definition) is 12. The molecule has 2 aromatic rings. The van der Waals surface area contributed by atoms with E-state index in [4.69, 9.17) is 24.3 Å². The van der Waals surface area contributed by atoms with Crippen molar-refractivity contribution in [3.05, 3.63) is 18.5 Å². The number of aromatic nitrogens is 4. The Labute approximate surface area is 385 Å². The highest BCUT2D eigenvalue weighted by Crippen LogP contribution is 2.45. The van der Waals surface area contributed by atoms with Crippen molar-refractivity contribution >= 4 is 42.7 Å². The van der Waals surface area contributed by atoms with Crippen molar-refractivity contribution in [1.82, 2.24) is 19.5 Å². The largest absolute Gasteiger partial charge is 0.472 e. The standard InChI is InChI=1S/C49H85N6O8P/c1-3-5-7-9-11-13-15-17-19-21-23-25-27-29-44(56)60-37-43(63-45(57)30-28-26-24-22-20-18-16-14-12-10-8-6-4-2)38-62-64(58,59)61-36-40-31-34-42(35-40)55-39-51-46-47(52-41-32-33-41)53-49(50)54-48(46)55/h31,34,39-43H,3-30,32-33,35-38H2,1-2H3,(H,58,59)(H3,50,52,53,54)/t40-,42+,43?/m1/s1. The number of phosphoric acid groups is 1. The Morgan fingerprint density at radius 1 is 0.734 bits per heavy atom. The molecule has 0 aliphatic heterocycles. The SMILES string of the molecule is CCCCCCCCCCCCCCCC(=O)OCC(COP(=O)(O)OC[C@@H]1C=C[C@H](n2cnc3c(NC4CC4)nc(N)nc32)C1)OC(=O)CCCCCCCCCCCCCCC. The summed E-state index contributed by atoms with van der Waals surface area (Å²) in [6.45, 7) is 3.71. The van der Waals surface area contributed by atoms with Crippen LogP contribution in [0.4, 0.5) is 11.8 Å². The lowest BCUT2D eigenvalue weighted by Crippen LogP contribution is -2.29. The first-order chi connectivity index (χ1) is 31.2. The van der Waals surface area contributed by atoms with Crippen LogP contribution in [0, 0.1) is 5.92 Å². The summed E-state index contributed by atoms with van der Waals surface area (Å²) in [7, 11) is -4.55. The number of hydrogen-bond donors (Lipinski definition) is 3. The van der Waals surface area contributed by atoms with Crippen LogP contribution in [0.1, 0.15) is 219 Å². The van der Waals surface area contributed by atoms with Gasteiger partial charge in [-0.25, -0.2) is 9.55 Å². The number of carbonyl (C=O) groups excluding carboxylic acids is 2. The second kappa shape index (κ2) is 31.8. The van der Waals surface area contributed by atoms with Crippen LogP contribution in [0.2, 0.25) is 0 Å². The maximum Gasteiger partial charge on any atom is 0.472 e. The van der Waals surface area contributed by atoms with Crippen molar-refractivity contribution < 1.29 is 37.6 Å². The van der Waals surface area contributed by atoms with E-state index in [-0.39, 0.29) is 49.9 Å². The molecule has 2 aliphatic rings. The van der Waals surface area contributed by atoms with Crippen LogP contribution in [0.3, 0.4) is 0 Å². The summed E-state index contributed by atoms with van der Waals surface area (Å²) in [5.41, 5.74) is 7.30. The second-order valence-electron chi connectivity index (χ2n) is 18.5. The highest BCUT2D eigenvalue weighted by atomic mass is 31.2. The average molecular weight is 917 g/mol. The molecule has 4 atom stereocenters. The molecule has 0 radical (unpaired) electrons. The van der Waals surface area contributed by atoms with Gasteiger partial charge in [-0.3, -0.25) is 18.6 Å². The summed E-state index contributed by atoms with van der Waals surface area (Å²) in [4.78, 5) is 49.6. The minimum absolute atomic E-state index is 0.0728. The van der Waals surface area contributed by atoms with Crippen molar-refractivity contribution in [2.24, 2.45) is 5.92 Å². The number of rotatable bonds is 40. The number of esters is 2. The molecule has 0 saturated heterocycles. The fourth-order valence-electron chi connectivity index (χ4n) is 8.38. The molecule has 0 aromatic carbocycles. The molecule has 2 unspecified atom stereocenters. The third-order valence-corrected chi connectivity index (χ3v) is 13.4. The smallest absolute Gasteiger partial charge is 0.462 e. The zero-order valence-corrected chi connectivity index (χ0v) is 40.6. The van der Waals surface area contributed by atoms with Gasteiger partial charge in [0.15, 0.2) is 23.1 Å². The molecule has 4 N–H and O–H groups in total. The van der Waals surface area contributed by atoms with Crippen molar-refractivity contribution in [3.63, 3.8) is 0 Å². The van der Waals surface area contributed by atoms with Crippen LogP contribution >= 0.6 is 7.82 Å². The van der Waals surface area contributed by atoms with E-state index in [0.717, 1.165) is 51.4 Å². The molecule has 15 heteroatoms. The summed E-state index contributed by atoms with van der Waals surface area (Å²) in [6.07, 6.45) is 39.2. The number of imidazole rings is 1. The number of allylic oxidation sites excluding steroid dienone is 1. The fraction of sp³-hybridized carbons (Fsp3) is 0.816. The van der Waals surface area contributed by atoms with Crippen molar-refractivity contribution in [3.8, 4) is 0 Å². The molecule has 2 aromatic heterocycles. The normalized spacial score (nSPS) is 17.5. The molecular formula is C49H85N6O8P. The number of nitrogens with one attached hydrogen (secondary N) is 1. The Balaban J connectivity index is 1.15. The maximum absolute atomic E-state index is 13.1. The number of nitrogens with zero attached hydrogens (tertiary/aromatic N) is 4. The third-order valence-electron chi connectivity index (χ3n) is 12.4. The summed E-state index contributed by atoms with van der Waals surface area (Å²) < 4.78 is 37.0. The van der Waals surface area contributed by atoms with Crippen LogP contribution < -0.4 is 11.1 Å². The molecule has 1 saturated carbocycles. The Morgan fingerprint density at radius 3 is 1.78 bits per heavy atom. The monoisotopic (exact) mass is 917 g/mol. The molecule has 1 fully saturated rings. The van der Waals surface area contributed by atoms with Crippen molar-refractivity contribution in [2.75, 3.05) is 30.9 Å². The molecule has 0 bridgehead atoms. The number of nitrogen functional groups attached to an aromatic ring is 1. The van der Waals surface area contributed by atoms with E-state index in [1.54, 1.807) is 6.33 Å². The second-order valence-corrected chi connectivity index (χ2v) is 19.9. The van der Waals surface area contributed by atoms with Crippen LogP contribution in [0.25, 0.3) is 11.2 Å². The summed E-state index contributed by atoms with van der Waals surface area (Å²) in [5.74, 6) is -0.242. The number of unbranched alkanes of at least 4 members (excludes halogenated alkanes) is 24. The number of phosphoric ester groups is 1. The lowest BCUT2D eigenvalue weighted by Gasteiger charge is -2.21. The third kappa shape index (κ3) is 22.9. The first kappa shape index (κ1) is 53.6. The number of nitrogens with two attached hydrogens (primary N) is 1. The lowest BCUT2D eigenvalue weighted by molar-refractivity contribution is -0.161. The van der Waals surface area contributed by atoms with Gasteiger partial charge in [0.2, 0.25) is 5.95 Å². The van der Waals surface area contributed by atoms with Gasteiger partial charge in [0.05, 0.1) is 25.6 Å². The fourth-order valence-corrected chi connectivity index (χ4v) is 9.19. The van der Waals surface area contributed by atoms with Gasteiger partial charge < -0.3 is 30.0 Å². The zero-order chi connectivity index (χ0) is 45.7. The molecular weight excluding hydrogens is 832 g/mol. The molecule has 2 heterocycles. The van der Waals surface area contributed by atoms with Crippen LogP contribution in [-0.4, -0.2) is 68.3 Å². The van der Waals surface area contributed by atoms with E-state index in [2.05, 4.69) is 34.1 Å². The van der Waals surface area contributed by atoms with E-state index in [9.17, 15) is 19.0 Å². The maximum atomic E-state index is 13.1. The molecule has 364 valence electrons. The first-order valence-corrected chi connectivity index (χ1v) is 27.1. The van der Waals surface area contributed by atoms with E-state index < -0.39 is 26.5 Å². The minimum Gasteiger partial charge on any atom is -0.462 e. The van der Waals surface area contributed by atoms with Gasteiger partial charge in [0.25, 0.3) is 0 Å². The molecule has 64 heavy (non-hydrogen) atoms. The topological polar surface area (TPSA) is 190 Å².